The molecule has 10 heteroatoms. The van der Waals surface area contributed by atoms with Gasteiger partial charge in [0.25, 0.3) is 0 Å². The molecule has 144 valence electrons. The molecule has 0 saturated heterocycles. The number of amides is 2. The number of carbonyl (C=O) groups is 2. The van der Waals surface area contributed by atoms with Crippen molar-refractivity contribution in [3.05, 3.63) is 24.3 Å². The zero-order valence-corrected chi connectivity index (χ0v) is 16.0. The summed E-state index contributed by atoms with van der Waals surface area (Å²) in [7, 11) is 3.20. The van der Waals surface area contributed by atoms with Gasteiger partial charge in [0.15, 0.2) is 5.82 Å². The van der Waals surface area contributed by atoms with Crippen LogP contribution in [0.25, 0.3) is 11.4 Å². The molecule has 1 fully saturated rings. The molecule has 1 aromatic carbocycles. The number of benzene rings is 1. The van der Waals surface area contributed by atoms with E-state index in [0.29, 0.717) is 11.0 Å². The molecule has 0 spiro atoms. The summed E-state index contributed by atoms with van der Waals surface area (Å²) in [5.41, 5.74) is 0.790. The van der Waals surface area contributed by atoms with Gasteiger partial charge in [0.05, 0.1) is 19.4 Å². The molecule has 0 bridgehead atoms. The fraction of sp³-hybridized carbons (Fsp3) is 0.412. The van der Waals surface area contributed by atoms with E-state index in [4.69, 9.17) is 10.6 Å². The van der Waals surface area contributed by atoms with Crippen LogP contribution in [-0.4, -0.2) is 64.1 Å². The Hall–Kier alpha value is -2.75. The number of rotatable bonds is 8. The number of hydrogen-bond acceptors (Lipinski definition) is 7. The van der Waals surface area contributed by atoms with Crippen LogP contribution in [0, 0.1) is 0 Å². The van der Waals surface area contributed by atoms with Gasteiger partial charge in [0.1, 0.15) is 5.75 Å². The number of thioether (sulfide) groups is 1. The summed E-state index contributed by atoms with van der Waals surface area (Å²) in [6.07, 6.45) is 2.03. The molecule has 2 amide bonds. The summed E-state index contributed by atoms with van der Waals surface area (Å²) in [5.74, 6) is 7.08. The highest BCUT2D eigenvalue weighted by molar-refractivity contribution is 7.99. The lowest BCUT2D eigenvalue weighted by molar-refractivity contribution is -0.132. The van der Waals surface area contributed by atoms with E-state index in [9.17, 15) is 9.59 Å². The highest BCUT2D eigenvalue weighted by atomic mass is 32.2. The van der Waals surface area contributed by atoms with E-state index in [1.165, 1.54) is 21.3 Å². The van der Waals surface area contributed by atoms with Gasteiger partial charge in [0.2, 0.25) is 17.0 Å². The van der Waals surface area contributed by atoms with Gasteiger partial charge < -0.3 is 20.8 Å². The molecule has 3 rings (SSSR count). The molecule has 2 aromatic rings. The van der Waals surface area contributed by atoms with E-state index in [1.54, 1.807) is 14.2 Å². The molecule has 1 aliphatic carbocycles. The number of carbonyl (C=O) groups excluding carboxylic acids is 2. The van der Waals surface area contributed by atoms with Crippen molar-refractivity contribution in [1.82, 2.24) is 25.1 Å². The maximum Gasteiger partial charge on any atom is 0.239 e. The highest BCUT2D eigenvalue weighted by Crippen LogP contribution is 2.23. The van der Waals surface area contributed by atoms with Crippen molar-refractivity contribution in [3.8, 4) is 17.1 Å². The molecule has 1 aliphatic rings. The molecule has 0 radical (unpaired) electrons. The zero-order valence-electron chi connectivity index (χ0n) is 15.2. The number of likely N-dealkylation sites (N-methyl/N-ethyl adjacent to an activating group) is 1. The molecule has 0 unspecified atom stereocenters. The molecule has 0 atom stereocenters. The SMILES string of the molecule is COc1ccc(-c2nnc(SCC(=O)N(C)CC(=O)NC3CC3)n2N)cc1. The Bertz CT molecular complexity index is 819. The first kappa shape index (κ1) is 19.0. The zero-order chi connectivity index (χ0) is 19.4. The first-order valence-corrected chi connectivity index (χ1v) is 9.47. The van der Waals surface area contributed by atoms with Gasteiger partial charge in [-0.1, -0.05) is 11.8 Å². The average molecular weight is 390 g/mol. The van der Waals surface area contributed by atoms with Crippen LogP contribution in [0.15, 0.2) is 29.4 Å². The van der Waals surface area contributed by atoms with Crippen LogP contribution in [0.5, 0.6) is 5.75 Å². The third kappa shape index (κ3) is 4.91. The van der Waals surface area contributed by atoms with Crippen molar-refractivity contribution in [1.29, 1.82) is 0 Å². The van der Waals surface area contributed by atoms with Crippen molar-refractivity contribution in [2.45, 2.75) is 24.0 Å². The third-order valence-corrected chi connectivity index (χ3v) is 5.01. The van der Waals surface area contributed by atoms with Crippen molar-refractivity contribution < 1.29 is 14.3 Å². The number of nitrogens with one attached hydrogen (secondary N) is 1. The first-order valence-electron chi connectivity index (χ1n) is 8.49. The minimum atomic E-state index is -0.181. The Morgan fingerprint density at radius 3 is 2.67 bits per heavy atom. The van der Waals surface area contributed by atoms with Crippen LogP contribution in [0.3, 0.4) is 0 Å². The van der Waals surface area contributed by atoms with Gasteiger partial charge in [-0.05, 0) is 37.1 Å². The molecular formula is C17H22N6O3S. The lowest BCUT2D eigenvalue weighted by atomic mass is 10.2. The molecule has 1 saturated carbocycles. The van der Waals surface area contributed by atoms with Gasteiger partial charge in [-0.15, -0.1) is 10.2 Å². The van der Waals surface area contributed by atoms with Gasteiger partial charge in [-0.2, -0.15) is 0 Å². The molecule has 27 heavy (non-hydrogen) atoms. The molecule has 9 nitrogen and oxygen atoms in total. The number of nitrogen functional groups attached to an aromatic ring is 1. The van der Waals surface area contributed by atoms with Gasteiger partial charge in [-0.25, -0.2) is 4.68 Å². The van der Waals surface area contributed by atoms with E-state index < -0.39 is 0 Å². The summed E-state index contributed by atoms with van der Waals surface area (Å²) in [5, 5.41) is 11.4. The normalized spacial score (nSPS) is 13.3. The van der Waals surface area contributed by atoms with E-state index in [2.05, 4.69) is 15.5 Å². The minimum absolute atomic E-state index is 0.0440. The van der Waals surface area contributed by atoms with Crippen molar-refractivity contribution >= 4 is 23.6 Å². The summed E-state index contributed by atoms with van der Waals surface area (Å²) >= 11 is 1.18. The van der Waals surface area contributed by atoms with Crippen LogP contribution in [0.1, 0.15) is 12.8 Å². The minimum Gasteiger partial charge on any atom is -0.497 e. The Balaban J connectivity index is 1.55. The monoisotopic (exact) mass is 390 g/mol. The lowest BCUT2D eigenvalue weighted by Crippen LogP contribution is -2.39. The van der Waals surface area contributed by atoms with E-state index in [0.717, 1.165) is 24.2 Å². The highest BCUT2D eigenvalue weighted by Gasteiger charge is 2.24. The van der Waals surface area contributed by atoms with Crippen molar-refractivity contribution in [3.63, 3.8) is 0 Å². The number of aromatic nitrogens is 3. The fourth-order valence-electron chi connectivity index (χ4n) is 2.35. The van der Waals surface area contributed by atoms with E-state index in [1.807, 2.05) is 24.3 Å². The van der Waals surface area contributed by atoms with Gasteiger partial charge in [-0.3, -0.25) is 9.59 Å². The molecule has 3 N–H and O–H groups in total. The summed E-state index contributed by atoms with van der Waals surface area (Å²) in [6.45, 7) is 0.0440. The number of nitrogens with two attached hydrogens (primary N) is 1. The second-order valence-corrected chi connectivity index (χ2v) is 7.23. The predicted molar refractivity (Wildman–Crippen MR) is 102 cm³/mol. The number of methoxy groups -OCH3 is 1. The van der Waals surface area contributed by atoms with Crippen molar-refractivity contribution in [2.75, 3.05) is 32.3 Å². The van der Waals surface area contributed by atoms with Gasteiger partial charge >= 0.3 is 0 Å². The summed E-state index contributed by atoms with van der Waals surface area (Å²) in [6, 6.07) is 7.56. The Kier molecular flexibility index (Phi) is 5.84. The van der Waals surface area contributed by atoms with Crippen LogP contribution in [0.4, 0.5) is 0 Å². The second kappa shape index (κ2) is 8.30. The average Bonchev–Trinajstić information content (AvgIpc) is 3.40. The standard InChI is InChI=1S/C17H22N6O3S/c1-22(9-14(24)19-12-5-6-12)15(25)10-27-17-21-20-16(23(17)18)11-3-7-13(26-2)8-4-11/h3-4,7-8,12H,5-6,9-10,18H2,1-2H3,(H,19,24). The maximum atomic E-state index is 12.2. The fourth-order valence-corrected chi connectivity index (χ4v) is 3.15. The molecule has 0 aliphatic heterocycles. The summed E-state index contributed by atoms with van der Waals surface area (Å²) < 4.78 is 6.48. The first-order chi connectivity index (χ1) is 13.0. The number of nitrogens with zero attached hydrogens (tertiary/aromatic N) is 4. The van der Waals surface area contributed by atoms with Crippen LogP contribution in [-0.2, 0) is 9.59 Å². The third-order valence-electron chi connectivity index (χ3n) is 4.09. The van der Waals surface area contributed by atoms with E-state index in [-0.39, 0.29) is 30.2 Å². The summed E-state index contributed by atoms with van der Waals surface area (Å²) in [4.78, 5) is 25.4. The Labute approximate surface area is 161 Å². The van der Waals surface area contributed by atoms with Crippen molar-refractivity contribution in [2.24, 2.45) is 0 Å². The predicted octanol–water partition coefficient (Wildman–Crippen LogP) is 0.497. The number of ether oxygens (including phenoxy) is 1. The molecule has 1 heterocycles. The quantitative estimate of drug-likeness (QED) is 0.498. The Morgan fingerprint density at radius 2 is 2.04 bits per heavy atom. The van der Waals surface area contributed by atoms with Crippen LogP contribution >= 0.6 is 11.8 Å². The topological polar surface area (TPSA) is 115 Å². The largest absolute Gasteiger partial charge is 0.497 e. The lowest BCUT2D eigenvalue weighted by Gasteiger charge is -2.16. The second-order valence-electron chi connectivity index (χ2n) is 6.28. The van der Waals surface area contributed by atoms with Crippen LogP contribution in [0.2, 0.25) is 0 Å². The number of hydrogen-bond donors (Lipinski definition) is 2. The molecule has 1 aromatic heterocycles. The maximum absolute atomic E-state index is 12.2. The van der Waals surface area contributed by atoms with Crippen LogP contribution < -0.4 is 15.9 Å². The smallest absolute Gasteiger partial charge is 0.239 e. The Morgan fingerprint density at radius 1 is 1.33 bits per heavy atom. The van der Waals surface area contributed by atoms with E-state index >= 15 is 0 Å². The molecular weight excluding hydrogens is 368 g/mol. The van der Waals surface area contributed by atoms with Gasteiger partial charge in [0, 0.05) is 18.7 Å².